The Balaban J connectivity index is 2.13. The quantitative estimate of drug-likeness (QED) is 0.802. The summed E-state index contributed by atoms with van der Waals surface area (Å²) in [5.41, 5.74) is 0.394. The topological polar surface area (TPSA) is 21.3 Å². The van der Waals surface area contributed by atoms with E-state index in [0.717, 1.165) is 6.07 Å². The van der Waals surface area contributed by atoms with Crippen LogP contribution in [0.4, 0.5) is 23.2 Å². The molecule has 2 nitrogen and oxygen atoms in total. The van der Waals surface area contributed by atoms with E-state index in [2.05, 4.69) is 10.1 Å². The molecule has 0 aliphatic heterocycles. The molecule has 0 radical (unpaired) electrons. The van der Waals surface area contributed by atoms with Crippen molar-refractivity contribution in [1.29, 1.82) is 0 Å². The van der Waals surface area contributed by atoms with Crippen LogP contribution in [0.2, 0.25) is 5.02 Å². The number of para-hydroxylation sites is 2. The third kappa shape index (κ3) is 4.53. The fourth-order valence-electron chi connectivity index (χ4n) is 1.68. The first-order chi connectivity index (χ1) is 9.85. The molecule has 1 N–H and O–H groups in total. The molecule has 2 rings (SSSR count). The molecule has 0 aliphatic rings. The van der Waals surface area contributed by atoms with E-state index in [1.54, 1.807) is 6.07 Å². The summed E-state index contributed by atoms with van der Waals surface area (Å²) in [5, 5.41) is 2.95. The summed E-state index contributed by atoms with van der Waals surface area (Å²) in [6.45, 7) is 0.00122. The van der Waals surface area contributed by atoms with Crippen LogP contribution in [0.3, 0.4) is 0 Å². The number of ether oxygens (including phenoxy) is 1. The van der Waals surface area contributed by atoms with Crippen molar-refractivity contribution in [2.45, 2.75) is 12.9 Å². The third-order valence-corrected chi connectivity index (χ3v) is 2.83. The Hall–Kier alpha value is -1.95. The summed E-state index contributed by atoms with van der Waals surface area (Å²) >= 11 is 5.63. The van der Waals surface area contributed by atoms with E-state index in [9.17, 15) is 17.6 Å². The van der Waals surface area contributed by atoms with Gasteiger partial charge in [0.15, 0.2) is 5.75 Å². The number of hydrogen-bond donors (Lipinski definition) is 1. The zero-order chi connectivity index (χ0) is 15.5. The summed E-state index contributed by atoms with van der Waals surface area (Å²) in [4.78, 5) is 0. The molecule has 0 saturated carbocycles. The second kappa shape index (κ2) is 6.22. The highest BCUT2D eigenvalue weighted by atomic mass is 35.5. The Morgan fingerprint density at radius 3 is 2.48 bits per heavy atom. The predicted octanol–water partition coefficient (Wildman–Crippen LogP) is 4.99. The summed E-state index contributed by atoms with van der Waals surface area (Å²) in [6.07, 6.45) is -4.79. The summed E-state index contributed by atoms with van der Waals surface area (Å²) in [7, 11) is 0. The van der Waals surface area contributed by atoms with Gasteiger partial charge in [0.1, 0.15) is 5.82 Å². The minimum Gasteiger partial charge on any atom is -0.404 e. The van der Waals surface area contributed by atoms with Crippen molar-refractivity contribution in [2.75, 3.05) is 5.32 Å². The van der Waals surface area contributed by atoms with Gasteiger partial charge in [0.25, 0.3) is 0 Å². The highest BCUT2D eigenvalue weighted by Crippen LogP contribution is 2.30. The van der Waals surface area contributed by atoms with Crippen LogP contribution in [-0.2, 0) is 6.54 Å². The number of hydrogen-bond acceptors (Lipinski definition) is 2. The van der Waals surface area contributed by atoms with Gasteiger partial charge in [-0.2, -0.15) is 0 Å². The van der Waals surface area contributed by atoms with Gasteiger partial charge in [0, 0.05) is 17.1 Å². The SMILES string of the molecule is Fc1cc(Cl)ccc1CNc1ccccc1OC(F)(F)F. The van der Waals surface area contributed by atoms with Crippen molar-refractivity contribution >= 4 is 17.3 Å². The van der Waals surface area contributed by atoms with E-state index in [0.29, 0.717) is 0 Å². The van der Waals surface area contributed by atoms with Crippen LogP contribution in [0.5, 0.6) is 5.75 Å². The van der Waals surface area contributed by atoms with Crippen molar-refractivity contribution in [3.63, 3.8) is 0 Å². The van der Waals surface area contributed by atoms with Gasteiger partial charge < -0.3 is 10.1 Å². The van der Waals surface area contributed by atoms with Gasteiger partial charge in [-0.3, -0.25) is 0 Å². The monoisotopic (exact) mass is 319 g/mol. The zero-order valence-corrected chi connectivity index (χ0v) is 11.3. The number of halogens is 5. The number of alkyl halides is 3. The molecule has 0 amide bonds. The molecular weight excluding hydrogens is 310 g/mol. The highest BCUT2D eigenvalue weighted by Gasteiger charge is 2.32. The molecule has 0 saturated heterocycles. The van der Waals surface area contributed by atoms with Gasteiger partial charge in [-0.05, 0) is 24.3 Å². The van der Waals surface area contributed by atoms with E-state index in [4.69, 9.17) is 11.6 Å². The van der Waals surface area contributed by atoms with Crippen molar-refractivity contribution in [3.8, 4) is 5.75 Å². The van der Waals surface area contributed by atoms with E-state index < -0.39 is 12.2 Å². The smallest absolute Gasteiger partial charge is 0.404 e. The van der Waals surface area contributed by atoms with Gasteiger partial charge in [0.05, 0.1) is 5.69 Å². The molecule has 0 fully saturated rings. The van der Waals surface area contributed by atoms with Crippen molar-refractivity contribution < 1.29 is 22.3 Å². The van der Waals surface area contributed by atoms with Crippen LogP contribution in [-0.4, -0.2) is 6.36 Å². The lowest BCUT2D eigenvalue weighted by molar-refractivity contribution is -0.274. The van der Waals surface area contributed by atoms with Crippen molar-refractivity contribution in [1.82, 2.24) is 0 Å². The number of anilines is 1. The second-order valence-electron chi connectivity index (χ2n) is 4.13. The average molecular weight is 320 g/mol. The van der Waals surface area contributed by atoms with E-state index in [1.807, 2.05) is 0 Å². The third-order valence-electron chi connectivity index (χ3n) is 2.60. The van der Waals surface area contributed by atoms with E-state index in [-0.39, 0.29) is 28.6 Å². The largest absolute Gasteiger partial charge is 0.573 e. The second-order valence-corrected chi connectivity index (χ2v) is 4.57. The lowest BCUT2D eigenvalue weighted by Crippen LogP contribution is -2.18. The normalized spacial score (nSPS) is 11.3. The summed E-state index contributed by atoms with van der Waals surface area (Å²) < 4.78 is 54.3. The maximum Gasteiger partial charge on any atom is 0.573 e. The molecule has 0 aliphatic carbocycles. The van der Waals surface area contributed by atoms with Crippen LogP contribution in [0.25, 0.3) is 0 Å². The molecule has 0 heterocycles. The standard InChI is InChI=1S/C14H10ClF4NO/c15-10-6-5-9(11(16)7-10)8-20-12-3-1-2-4-13(12)21-14(17,18)19/h1-7,20H,8H2. The zero-order valence-electron chi connectivity index (χ0n) is 10.5. The van der Waals surface area contributed by atoms with Crippen LogP contribution in [0, 0.1) is 5.82 Å². The summed E-state index contributed by atoms with van der Waals surface area (Å²) in [5.74, 6) is -0.913. The molecule has 2 aromatic rings. The van der Waals surface area contributed by atoms with Crippen LogP contribution < -0.4 is 10.1 Å². The maximum absolute atomic E-state index is 13.6. The predicted molar refractivity (Wildman–Crippen MR) is 71.9 cm³/mol. The number of rotatable bonds is 4. The molecule has 2 aromatic carbocycles. The lowest BCUT2D eigenvalue weighted by Gasteiger charge is -2.14. The first-order valence-electron chi connectivity index (χ1n) is 5.88. The van der Waals surface area contributed by atoms with Crippen molar-refractivity contribution in [3.05, 3.63) is 58.9 Å². The van der Waals surface area contributed by atoms with E-state index >= 15 is 0 Å². The van der Waals surface area contributed by atoms with Crippen LogP contribution in [0.15, 0.2) is 42.5 Å². The Morgan fingerprint density at radius 1 is 1.10 bits per heavy atom. The molecule has 0 unspecified atom stereocenters. The molecule has 0 atom stereocenters. The Labute approximate surface area is 123 Å². The fraction of sp³-hybridized carbons (Fsp3) is 0.143. The molecule has 0 aromatic heterocycles. The van der Waals surface area contributed by atoms with Gasteiger partial charge in [-0.1, -0.05) is 29.8 Å². The molecule has 112 valence electrons. The first-order valence-corrected chi connectivity index (χ1v) is 6.25. The Bertz CT molecular complexity index is 631. The summed E-state index contributed by atoms with van der Waals surface area (Å²) in [6, 6.07) is 9.64. The van der Waals surface area contributed by atoms with Crippen LogP contribution >= 0.6 is 11.6 Å². The molecule has 0 bridgehead atoms. The minimum atomic E-state index is -4.79. The molecular formula is C14H10ClF4NO. The van der Waals surface area contributed by atoms with Gasteiger partial charge in [-0.15, -0.1) is 13.2 Å². The number of benzene rings is 2. The van der Waals surface area contributed by atoms with Gasteiger partial charge in [0.2, 0.25) is 0 Å². The molecule has 0 spiro atoms. The average Bonchev–Trinajstić information content (AvgIpc) is 2.37. The van der Waals surface area contributed by atoms with Gasteiger partial charge >= 0.3 is 6.36 Å². The lowest BCUT2D eigenvalue weighted by atomic mass is 10.2. The Kier molecular flexibility index (Phi) is 4.57. The first kappa shape index (κ1) is 15.4. The number of nitrogens with one attached hydrogen (secondary N) is 1. The Morgan fingerprint density at radius 2 is 1.81 bits per heavy atom. The van der Waals surface area contributed by atoms with Crippen LogP contribution in [0.1, 0.15) is 5.56 Å². The van der Waals surface area contributed by atoms with Gasteiger partial charge in [-0.25, -0.2) is 4.39 Å². The molecule has 21 heavy (non-hydrogen) atoms. The minimum absolute atomic E-state index is 0.00122. The fourth-order valence-corrected chi connectivity index (χ4v) is 1.84. The van der Waals surface area contributed by atoms with Crippen molar-refractivity contribution in [2.24, 2.45) is 0 Å². The molecule has 7 heteroatoms. The highest BCUT2D eigenvalue weighted by molar-refractivity contribution is 6.30. The maximum atomic E-state index is 13.6. The van der Waals surface area contributed by atoms with E-state index in [1.165, 1.54) is 30.3 Å².